The molecule has 1 aromatic heterocycles. The first-order valence-corrected chi connectivity index (χ1v) is 9.35. The Morgan fingerprint density at radius 2 is 1.75 bits per heavy atom. The molecule has 0 amide bonds. The maximum atomic E-state index is 12.7. The minimum absolute atomic E-state index is 0.299. The van der Waals surface area contributed by atoms with Gasteiger partial charge in [-0.25, -0.2) is 9.97 Å². The van der Waals surface area contributed by atoms with Gasteiger partial charge >= 0.3 is 6.18 Å². The maximum Gasteiger partial charge on any atom is 0.416 e. The fourth-order valence-corrected chi connectivity index (χ4v) is 3.51. The maximum absolute atomic E-state index is 12.7. The second kappa shape index (κ2) is 8.34. The number of likely N-dealkylation sites (N-methyl/N-ethyl adjacent to an activating group) is 1. The molecule has 0 aliphatic carbocycles. The van der Waals surface area contributed by atoms with E-state index in [1.807, 2.05) is 32.1 Å². The summed E-state index contributed by atoms with van der Waals surface area (Å²) in [6.45, 7) is 2.44. The van der Waals surface area contributed by atoms with Gasteiger partial charge in [-0.15, -0.1) is 0 Å². The van der Waals surface area contributed by atoms with Crippen molar-refractivity contribution in [3.8, 4) is 0 Å². The van der Waals surface area contributed by atoms with Gasteiger partial charge in [0, 0.05) is 46.3 Å². The van der Waals surface area contributed by atoms with Crippen LogP contribution in [0.1, 0.15) is 24.0 Å². The summed E-state index contributed by atoms with van der Waals surface area (Å²) in [5.41, 5.74) is 0.293. The van der Waals surface area contributed by atoms with E-state index in [1.165, 1.54) is 0 Å². The minimum Gasteiger partial charge on any atom is -0.363 e. The third kappa shape index (κ3) is 4.92. The number of rotatable bonds is 5. The molecule has 1 fully saturated rings. The second-order valence-corrected chi connectivity index (χ2v) is 7.47. The number of hydrogen-bond acceptors (Lipinski definition) is 5. The summed E-state index contributed by atoms with van der Waals surface area (Å²) < 4.78 is 38.2. The summed E-state index contributed by atoms with van der Waals surface area (Å²) in [5.74, 6) is 1.73. The quantitative estimate of drug-likeness (QED) is 0.775. The van der Waals surface area contributed by atoms with Gasteiger partial charge in [0.05, 0.1) is 5.56 Å². The first-order chi connectivity index (χ1) is 13.2. The van der Waals surface area contributed by atoms with Crippen molar-refractivity contribution in [3.05, 3.63) is 47.8 Å². The average molecular weight is 393 g/mol. The van der Waals surface area contributed by atoms with Crippen LogP contribution in [0.2, 0.25) is 0 Å². The van der Waals surface area contributed by atoms with E-state index in [0.717, 1.165) is 55.3 Å². The summed E-state index contributed by atoms with van der Waals surface area (Å²) in [5, 5.41) is 0. The van der Waals surface area contributed by atoms with Crippen LogP contribution in [0.5, 0.6) is 0 Å². The summed E-state index contributed by atoms with van der Waals surface area (Å²) in [4.78, 5) is 15.1. The fraction of sp³-hybridized carbons (Fsp3) is 0.500. The van der Waals surface area contributed by atoms with Gasteiger partial charge in [-0.1, -0.05) is 12.1 Å². The number of piperidine rings is 1. The minimum atomic E-state index is -4.29. The topological polar surface area (TPSA) is 35.5 Å². The van der Waals surface area contributed by atoms with Crippen molar-refractivity contribution in [3.63, 3.8) is 0 Å². The Bertz CT molecular complexity index is 776. The molecule has 8 heteroatoms. The van der Waals surface area contributed by atoms with E-state index in [0.29, 0.717) is 12.6 Å². The van der Waals surface area contributed by atoms with E-state index >= 15 is 0 Å². The van der Waals surface area contributed by atoms with Gasteiger partial charge in [0.1, 0.15) is 18.0 Å². The highest BCUT2D eigenvalue weighted by Crippen LogP contribution is 2.29. The average Bonchev–Trinajstić information content (AvgIpc) is 2.67. The number of likely N-dealkylation sites (tertiary alicyclic amines) is 1. The van der Waals surface area contributed by atoms with E-state index in [2.05, 4.69) is 19.8 Å². The van der Waals surface area contributed by atoms with Gasteiger partial charge in [0.15, 0.2) is 0 Å². The van der Waals surface area contributed by atoms with Crippen LogP contribution in [-0.4, -0.2) is 55.1 Å². The number of anilines is 2. The molecule has 0 saturated carbocycles. The zero-order chi connectivity index (χ0) is 20.3. The van der Waals surface area contributed by atoms with Crippen molar-refractivity contribution in [2.75, 3.05) is 44.0 Å². The Labute approximate surface area is 163 Å². The van der Waals surface area contributed by atoms with Crippen molar-refractivity contribution in [2.45, 2.75) is 31.6 Å². The van der Waals surface area contributed by atoms with E-state index in [1.54, 1.807) is 18.5 Å². The predicted molar refractivity (Wildman–Crippen MR) is 105 cm³/mol. The Hall–Kier alpha value is -2.35. The van der Waals surface area contributed by atoms with Crippen molar-refractivity contribution >= 4 is 11.6 Å². The van der Waals surface area contributed by atoms with Crippen molar-refractivity contribution in [2.24, 2.45) is 0 Å². The van der Waals surface area contributed by atoms with Crippen LogP contribution in [0.3, 0.4) is 0 Å². The molecule has 28 heavy (non-hydrogen) atoms. The molecule has 0 radical (unpaired) electrons. The van der Waals surface area contributed by atoms with Gasteiger partial charge in [-0.3, -0.25) is 4.90 Å². The first-order valence-electron chi connectivity index (χ1n) is 9.35. The second-order valence-electron chi connectivity index (χ2n) is 7.47. The van der Waals surface area contributed by atoms with Crippen molar-refractivity contribution in [1.82, 2.24) is 14.9 Å². The largest absolute Gasteiger partial charge is 0.416 e. The van der Waals surface area contributed by atoms with E-state index in [4.69, 9.17) is 0 Å². The zero-order valence-electron chi connectivity index (χ0n) is 16.4. The summed E-state index contributed by atoms with van der Waals surface area (Å²) >= 11 is 0. The summed E-state index contributed by atoms with van der Waals surface area (Å²) in [6, 6.07) is 7.73. The fourth-order valence-electron chi connectivity index (χ4n) is 3.51. The van der Waals surface area contributed by atoms with Crippen LogP contribution in [-0.2, 0) is 12.7 Å². The zero-order valence-corrected chi connectivity index (χ0v) is 16.4. The van der Waals surface area contributed by atoms with Gasteiger partial charge < -0.3 is 9.80 Å². The number of benzene rings is 1. The van der Waals surface area contributed by atoms with Gasteiger partial charge in [-0.2, -0.15) is 13.2 Å². The lowest BCUT2D eigenvalue weighted by Crippen LogP contribution is -2.46. The molecule has 1 atom stereocenters. The Balaban J connectivity index is 1.64. The molecule has 1 aromatic carbocycles. The number of alkyl halides is 3. The van der Waals surface area contributed by atoms with Gasteiger partial charge in [-0.05, 0) is 37.1 Å². The SMILES string of the molecule is CN(C)c1cc(N(C)C2CCCN(Cc3ccc(C(F)(F)F)cc3)C2)ncn1. The van der Waals surface area contributed by atoms with Crippen LogP contribution >= 0.6 is 0 Å². The standard InChI is InChI=1S/C20H26F3N5/c1-26(2)18-11-19(25-14-24-18)27(3)17-5-4-10-28(13-17)12-15-6-8-16(9-7-15)20(21,22)23/h6-9,11,14,17H,4-5,10,12-13H2,1-3H3. The lowest BCUT2D eigenvalue weighted by Gasteiger charge is -2.38. The highest BCUT2D eigenvalue weighted by molar-refractivity contribution is 5.49. The number of nitrogens with zero attached hydrogens (tertiary/aromatic N) is 5. The molecule has 152 valence electrons. The lowest BCUT2D eigenvalue weighted by molar-refractivity contribution is -0.137. The molecule has 3 rings (SSSR count). The molecule has 1 unspecified atom stereocenters. The molecule has 2 heterocycles. The Morgan fingerprint density at radius 3 is 2.39 bits per heavy atom. The Kier molecular flexibility index (Phi) is 6.07. The molecular formula is C20H26F3N5. The van der Waals surface area contributed by atoms with Crippen LogP contribution in [0, 0.1) is 0 Å². The van der Waals surface area contributed by atoms with E-state index < -0.39 is 11.7 Å². The van der Waals surface area contributed by atoms with Crippen LogP contribution in [0.15, 0.2) is 36.7 Å². The molecule has 1 saturated heterocycles. The third-order valence-corrected chi connectivity index (χ3v) is 5.17. The van der Waals surface area contributed by atoms with Gasteiger partial charge in [0.2, 0.25) is 0 Å². The molecule has 2 aromatic rings. The molecule has 0 spiro atoms. The Morgan fingerprint density at radius 1 is 1.07 bits per heavy atom. The highest BCUT2D eigenvalue weighted by Gasteiger charge is 2.30. The van der Waals surface area contributed by atoms with Gasteiger partial charge in [0.25, 0.3) is 0 Å². The summed E-state index contributed by atoms with van der Waals surface area (Å²) in [6.07, 6.45) is -0.618. The predicted octanol–water partition coefficient (Wildman–Crippen LogP) is 3.66. The molecule has 5 nitrogen and oxygen atoms in total. The molecule has 0 bridgehead atoms. The van der Waals surface area contributed by atoms with Crippen LogP contribution in [0.25, 0.3) is 0 Å². The first kappa shape index (κ1) is 20.4. The number of halogens is 3. The van der Waals surface area contributed by atoms with Crippen LogP contribution in [0.4, 0.5) is 24.8 Å². The summed E-state index contributed by atoms with van der Waals surface area (Å²) in [7, 11) is 5.92. The smallest absolute Gasteiger partial charge is 0.363 e. The van der Waals surface area contributed by atoms with Crippen molar-refractivity contribution in [1.29, 1.82) is 0 Å². The van der Waals surface area contributed by atoms with Crippen molar-refractivity contribution < 1.29 is 13.2 Å². The van der Waals surface area contributed by atoms with E-state index in [-0.39, 0.29) is 0 Å². The highest BCUT2D eigenvalue weighted by atomic mass is 19.4. The normalized spacial score (nSPS) is 18.1. The lowest BCUT2D eigenvalue weighted by atomic mass is 10.0. The number of hydrogen-bond donors (Lipinski definition) is 0. The molecular weight excluding hydrogens is 367 g/mol. The molecule has 1 aliphatic rings. The van der Waals surface area contributed by atoms with Crippen LogP contribution < -0.4 is 9.80 Å². The van der Waals surface area contributed by atoms with E-state index in [9.17, 15) is 13.2 Å². The molecule has 1 aliphatic heterocycles. The monoisotopic (exact) mass is 393 g/mol. The third-order valence-electron chi connectivity index (χ3n) is 5.17. The molecule has 0 N–H and O–H groups in total. The number of aromatic nitrogens is 2.